The zero-order chi connectivity index (χ0) is 17.4. The third-order valence-corrected chi connectivity index (χ3v) is 4.29. The molecule has 0 saturated carbocycles. The topological polar surface area (TPSA) is 61.9 Å². The molecule has 1 aromatic rings. The Morgan fingerprint density at radius 3 is 2.33 bits per heavy atom. The average Bonchev–Trinajstić information content (AvgIpc) is 2.62. The van der Waals surface area contributed by atoms with E-state index in [0.717, 1.165) is 32.7 Å². The fourth-order valence-corrected chi connectivity index (χ4v) is 2.77. The van der Waals surface area contributed by atoms with Crippen molar-refractivity contribution >= 4 is 17.7 Å². The molecule has 1 aromatic carbocycles. The zero-order valence-electron chi connectivity index (χ0n) is 14.6. The Morgan fingerprint density at radius 1 is 1.08 bits per heavy atom. The van der Waals surface area contributed by atoms with Crippen LogP contribution in [0.2, 0.25) is 0 Å². The Balaban J connectivity index is 1.78. The SMILES string of the molecule is CCCCCN1CCN(C(=O)Nc2ccc(C(=O)OC)cc2)CC1. The highest BCUT2D eigenvalue weighted by Crippen LogP contribution is 2.12. The van der Waals surface area contributed by atoms with Gasteiger partial charge in [0.25, 0.3) is 0 Å². The summed E-state index contributed by atoms with van der Waals surface area (Å²) in [5.74, 6) is -0.382. The smallest absolute Gasteiger partial charge is 0.337 e. The quantitative estimate of drug-likeness (QED) is 0.642. The van der Waals surface area contributed by atoms with Crippen molar-refractivity contribution in [2.45, 2.75) is 26.2 Å². The molecule has 0 aromatic heterocycles. The van der Waals surface area contributed by atoms with Crippen LogP contribution in [0.5, 0.6) is 0 Å². The summed E-state index contributed by atoms with van der Waals surface area (Å²) in [6.45, 7) is 6.69. The third-order valence-electron chi connectivity index (χ3n) is 4.29. The largest absolute Gasteiger partial charge is 0.465 e. The van der Waals surface area contributed by atoms with E-state index >= 15 is 0 Å². The number of ether oxygens (including phenoxy) is 1. The van der Waals surface area contributed by atoms with Crippen LogP contribution in [-0.2, 0) is 4.74 Å². The molecule has 6 nitrogen and oxygen atoms in total. The lowest BCUT2D eigenvalue weighted by Gasteiger charge is -2.34. The number of nitrogens with one attached hydrogen (secondary N) is 1. The maximum absolute atomic E-state index is 12.3. The summed E-state index contributed by atoms with van der Waals surface area (Å²) in [7, 11) is 1.35. The number of rotatable bonds is 6. The maximum atomic E-state index is 12.3. The number of piperazine rings is 1. The van der Waals surface area contributed by atoms with Crippen LogP contribution >= 0.6 is 0 Å². The first kappa shape index (κ1) is 18.3. The number of methoxy groups -OCH3 is 1. The molecule has 0 aliphatic carbocycles. The molecule has 2 rings (SSSR count). The zero-order valence-corrected chi connectivity index (χ0v) is 14.6. The summed E-state index contributed by atoms with van der Waals surface area (Å²) in [4.78, 5) is 28.0. The van der Waals surface area contributed by atoms with Crippen molar-refractivity contribution < 1.29 is 14.3 Å². The van der Waals surface area contributed by atoms with E-state index in [4.69, 9.17) is 0 Å². The van der Waals surface area contributed by atoms with Crippen LogP contribution in [0, 0.1) is 0 Å². The van der Waals surface area contributed by atoms with Gasteiger partial charge >= 0.3 is 12.0 Å². The molecule has 1 aliphatic heterocycles. The lowest BCUT2D eigenvalue weighted by Crippen LogP contribution is -2.50. The number of carbonyl (C=O) groups excluding carboxylic acids is 2. The molecule has 132 valence electrons. The molecule has 2 amide bonds. The molecule has 1 N–H and O–H groups in total. The van der Waals surface area contributed by atoms with Crippen molar-refractivity contribution in [1.29, 1.82) is 0 Å². The first-order valence-electron chi connectivity index (χ1n) is 8.60. The van der Waals surface area contributed by atoms with Crippen LogP contribution < -0.4 is 5.32 Å². The molecule has 0 bridgehead atoms. The van der Waals surface area contributed by atoms with Crippen LogP contribution in [0.15, 0.2) is 24.3 Å². The van der Waals surface area contributed by atoms with E-state index in [1.807, 2.05) is 4.90 Å². The third kappa shape index (κ3) is 5.23. The van der Waals surface area contributed by atoms with E-state index in [2.05, 4.69) is 21.9 Å². The van der Waals surface area contributed by atoms with Gasteiger partial charge in [-0.3, -0.25) is 4.90 Å². The molecule has 1 heterocycles. The van der Waals surface area contributed by atoms with Crippen molar-refractivity contribution in [3.05, 3.63) is 29.8 Å². The normalized spacial score (nSPS) is 15.2. The van der Waals surface area contributed by atoms with E-state index in [1.165, 1.54) is 26.4 Å². The van der Waals surface area contributed by atoms with Gasteiger partial charge < -0.3 is 15.0 Å². The molecule has 24 heavy (non-hydrogen) atoms. The summed E-state index contributed by atoms with van der Waals surface area (Å²) in [5.41, 5.74) is 1.15. The number of hydrogen-bond donors (Lipinski definition) is 1. The Morgan fingerprint density at radius 2 is 1.75 bits per heavy atom. The van der Waals surface area contributed by atoms with Gasteiger partial charge in [0.05, 0.1) is 12.7 Å². The summed E-state index contributed by atoms with van der Waals surface area (Å²) in [6.07, 6.45) is 3.73. The molecule has 0 atom stereocenters. The summed E-state index contributed by atoms with van der Waals surface area (Å²) in [5, 5.41) is 2.88. The number of nitrogens with zero attached hydrogens (tertiary/aromatic N) is 2. The highest BCUT2D eigenvalue weighted by molar-refractivity contribution is 5.92. The lowest BCUT2D eigenvalue weighted by molar-refractivity contribution is 0.0600. The Kier molecular flexibility index (Phi) is 7.06. The highest BCUT2D eigenvalue weighted by Gasteiger charge is 2.20. The summed E-state index contributed by atoms with van der Waals surface area (Å²) in [6, 6.07) is 6.63. The van der Waals surface area contributed by atoms with Gasteiger partial charge in [0.15, 0.2) is 0 Å². The van der Waals surface area contributed by atoms with Crippen LogP contribution in [-0.4, -0.2) is 61.6 Å². The summed E-state index contributed by atoms with van der Waals surface area (Å²) >= 11 is 0. The second kappa shape index (κ2) is 9.27. The number of benzene rings is 1. The first-order valence-corrected chi connectivity index (χ1v) is 8.60. The predicted octanol–water partition coefficient (Wildman–Crippen LogP) is 2.81. The lowest BCUT2D eigenvalue weighted by atomic mass is 10.2. The van der Waals surface area contributed by atoms with E-state index in [-0.39, 0.29) is 12.0 Å². The van der Waals surface area contributed by atoms with Crippen LogP contribution in [0.3, 0.4) is 0 Å². The molecular weight excluding hydrogens is 306 g/mol. The summed E-state index contributed by atoms with van der Waals surface area (Å²) < 4.78 is 4.66. The minimum atomic E-state index is -0.382. The number of urea groups is 1. The molecule has 1 aliphatic rings. The van der Waals surface area contributed by atoms with Crippen molar-refractivity contribution in [2.24, 2.45) is 0 Å². The fourth-order valence-electron chi connectivity index (χ4n) is 2.77. The Bertz CT molecular complexity index is 537. The van der Waals surface area contributed by atoms with E-state index < -0.39 is 0 Å². The van der Waals surface area contributed by atoms with Crippen molar-refractivity contribution in [3.8, 4) is 0 Å². The predicted molar refractivity (Wildman–Crippen MR) is 94.3 cm³/mol. The standard InChI is InChI=1S/C18H27N3O3/c1-3-4-5-10-20-11-13-21(14-12-20)18(23)19-16-8-6-15(7-9-16)17(22)24-2/h6-9H,3-5,10-14H2,1-2H3,(H,19,23). The van der Waals surface area contributed by atoms with Gasteiger partial charge in [-0.1, -0.05) is 19.8 Å². The number of unbranched alkanes of at least 4 members (excludes halogenated alkanes) is 2. The van der Waals surface area contributed by atoms with E-state index in [9.17, 15) is 9.59 Å². The first-order chi connectivity index (χ1) is 11.6. The van der Waals surface area contributed by atoms with Gasteiger partial charge in [0.2, 0.25) is 0 Å². The van der Waals surface area contributed by atoms with Crippen LogP contribution in [0.4, 0.5) is 10.5 Å². The van der Waals surface area contributed by atoms with Crippen molar-refractivity contribution in [3.63, 3.8) is 0 Å². The van der Waals surface area contributed by atoms with Gasteiger partial charge in [0, 0.05) is 31.9 Å². The minimum Gasteiger partial charge on any atom is -0.465 e. The van der Waals surface area contributed by atoms with Gasteiger partial charge in [-0.25, -0.2) is 9.59 Å². The maximum Gasteiger partial charge on any atom is 0.337 e. The molecule has 1 fully saturated rings. The van der Waals surface area contributed by atoms with Crippen molar-refractivity contribution in [2.75, 3.05) is 45.2 Å². The monoisotopic (exact) mass is 333 g/mol. The van der Waals surface area contributed by atoms with Gasteiger partial charge in [0.1, 0.15) is 0 Å². The molecule has 0 spiro atoms. The van der Waals surface area contributed by atoms with Gasteiger partial charge in [-0.05, 0) is 37.2 Å². The van der Waals surface area contributed by atoms with Gasteiger partial charge in [-0.15, -0.1) is 0 Å². The van der Waals surface area contributed by atoms with Gasteiger partial charge in [-0.2, -0.15) is 0 Å². The number of amides is 2. The second-order valence-electron chi connectivity index (χ2n) is 6.03. The Hall–Kier alpha value is -2.08. The number of esters is 1. The fraction of sp³-hybridized carbons (Fsp3) is 0.556. The molecule has 0 unspecified atom stereocenters. The molecule has 6 heteroatoms. The molecular formula is C18H27N3O3. The number of carbonyl (C=O) groups is 2. The van der Waals surface area contributed by atoms with E-state index in [0.29, 0.717) is 11.3 Å². The highest BCUT2D eigenvalue weighted by atomic mass is 16.5. The second-order valence-corrected chi connectivity index (χ2v) is 6.03. The van der Waals surface area contributed by atoms with Crippen LogP contribution in [0.25, 0.3) is 0 Å². The van der Waals surface area contributed by atoms with Crippen LogP contribution in [0.1, 0.15) is 36.5 Å². The Labute approximate surface area is 143 Å². The number of hydrogen-bond acceptors (Lipinski definition) is 4. The number of anilines is 1. The van der Waals surface area contributed by atoms with E-state index in [1.54, 1.807) is 24.3 Å². The van der Waals surface area contributed by atoms with Crippen molar-refractivity contribution in [1.82, 2.24) is 9.80 Å². The molecule has 1 saturated heterocycles. The average molecular weight is 333 g/mol. The molecule has 0 radical (unpaired) electrons. The minimum absolute atomic E-state index is 0.0889.